The number of carbonyl (C=O) groups is 2. The SMILES string of the molecule is CC(N)=C(C(=O)OCC(=O)c1ccccc1Cl)C(N)=NC(C)C. The number of aliphatic imine (C=N–C) groups is 1. The first kappa shape index (κ1) is 18.7. The van der Waals surface area contributed by atoms with Crippen LogP contribution in [0.1, 0.15) is 31.1 Å². The molecule has 7 heteroatoms. The van der Waals surface area contributed by atoms with Crippen LogP contribution < -0.4 is 11.5 Å². The van der Waals surface area contributed by atoms with Crippen LogP contribution in [-0.4, -0.2) is 30.2 Å². The highest BCUT2D eigenvalue weighted by molar-refractivity contribution is 6.34. The highest BCUT2D eigenvalue weighted by Gasteiger charge is 2.20. The minimum Gasteiger partial charge on any atom is -0.454 e. The molecule has 1 rings (SSSR count). The molecule has 0 aliphatic rings. The fraction of sp³-hybridized carbons (Fsp3) is 0.312. The quantitative estimate of drug-likeness (QED) is 0.271. The first-order valence-corrected chi connectivity index (χ1v) is 7.36. The van der Waals surface area contributed by atoms with Gasteiger partial charge in [0.15, 0.2) is 6.61 Å². The molecule has 0 atom stereocenters. The number of nitrogens with two attached hydrogens (primary N) is 2. The number of rotatable bonds is 6. The van der Waals surface area contributed by atoms with E-state index in [9.17, 15) is 9.59 Å². The predicted octanol–water partition coefficient (Wildman–Crippen LogP) is 2.06. The summed E-state index contributed by atoms with van der Waals surface area (Å²) in [7, 11) is 0. The van der Waals surface area contributed by atoms with Crippen LogP contribution in [0.25, 0.3) is 0 Å². The lowest BCUT2D eigenvalue weighted by atomic mass is 10.1. The van der Waals surface area contributed by atoms with Crippen LogP contribution in [0.5, 0.6) is 0 Å². The zero-order valence-corrected chi connectivity index (χ0v) is 14.1. The number of nitrogens with zero attached hydrogens (tertiary/aromatic N) is 1. The summed E-state index contributed by atoms with van der Waals surface area (Å²) in [6, 6.07) is 6.40. The maximum Gasteiger partial charge on any atom is 0.344 e. The number of ketones is 1. The van der Waals surface area contributed by atoms with Crippen LogP contribution in [0.4, 0.5) is 0 Å². The average Bonchev–Trinajstić information content (AvgIpc) is 2.44. The van der Waals surface area contributed by atoms with E-state index in [2.05, 4.69) is 4.99 Å². The number of halogens is 1. The van der Waals surface area contributed by atoms with Crippen molar-refractivity contribution in [2.75, 3.05) is 6.61 Å². The van der Waals surface area contributed by atoms with Gasteiger partial charge in [0.2, 0.25) is 5.78 Å². The monoisotopic (exact) mass is 337 g/mol. The van der Waals surface area contributed by atoms with Crippen LogP contribution in [0.15, 0.2) is 40.5 Å². The number of benzene rings is 1. The molecule has 0 bridgehead atoms. The minimum atomic E-state index is -0.799. The molecular weight excluding hydrogens is 318 g/mol. The fourth-order valence-corrected chi connectivity index (χ4v) is 2.02. The third-order valence-corrected chi connectivity index (χ3v) is 3.09. The Morgan fingerprint density at radius 3 is 2.39 bits per heavy atom. The third-order valence-electron chi connectivity index (χ3n) is 2.76. The van der Waals surface area contributed by atoms with Gasteiger partial charge in [0.25, 0.3) is 0 Å². The van der Waals surface area contributed by atoms with Crippen molar-refractivity contribution in [2.45, 2.75) is 26.8 Å². The van der Waals surface area contributed by atoms with Gasteiger partial charge in [-0.1, -0.05) is 23.7 Å². The molecule has 0 saturated heterocycles. The molecule has 23 heavy (non-hydrogen) atoms. The summed E-state index contributed by atoms with van der Waals surface area (Å²) in [5, 5.41) is 0.292. The molecule has 0 spiro atoms. The molecule has 0 unspecified atom stereocenters. The van der Waals surface area contributed by atoms with Gasteiger partial charge in [-0.2, -0.15) is 0 Å². The number of carbonyl (C=O) groups excluding carboxylic acids is 2. The fourth-order valence-electron chi connectivity index (χ4n) is 1.78. The summed E-state index contributed by atoms with van der Waals surface area (Å²) in [6.45, 7) is 4.66. The standard InChI is InChI=1S/C16H20ClN3O3/c1-9(2)20-15(19)14(10(3)18)16(22)23-8-13(21)11-6-4-5-7-12(11)17/h4-7,9H,8,18H2,1-3H3,(H2,19,20). The molecule has 0 saturated carbocycles. The van der Waals surface area contributed by atoms with E-state index in [1.54, 1.807) is 24.3 Å². The third kappa shape index (κ3) is 5.41. The molecule has 124 valence electrons. The van der Waals surface area contributed by atoms with Crippen molar-refractivity contribution < 1.29 is 14.3 Å². The number of allylic oxidation sites excluding steroid dienone is 1. The van der Waals surface area contributed by atoms with Gasteiger partial charge in [-0.3, -0.25) is 9.79 Å². The molecule has 0 fully saturated rings. The first-order chi connectivity index (χ1) is 10.7. The summed E-state index contributed by atoms with van der Waals surface area (Å²) in [4.78, 5) is 28.2. The summed E-state index contributed by atoms with van der Waals surface area (Å²) in [5.74, 6) is -1.24. The molecule has 0 aliphatic carbocycles. The van der Waals surface area contributed by atoms with E-state index in [-0.39, 0.29) is 28.7 Å². The number of esters is 1. The van der Waals surface area contributed by atoms with Crippen LogP contribution in [0.3, 0.4) is 0 Å². The van der Waals surface area contributed by atoms with Gasteiger partial charge in [0, 0.05) is 17.3 Å². The number of ether oxygens (including phenoxy) is 1. The summed E-state index contributed by atoms with van der Waals surface area (Å²) < 4.78 is 4.99. The van der Waals surface area contributed by atoms with Gasteiger partial charge < -0.3 is 16.2 Å². The lowest BCUT2D eigenvalue weighted by Crippen LogP contribution is -2.28. The molecule has 0 heterocycles. The number of hydrogen-bond donors (Lipinski definition) is 2. The van der Waals surface area contributed by atoms with Crippen molar-refractivity contribution in [3.8, 4) is 0 Å². The van der Waals surface area contributed by atoms with E-state index in [0.717, 1.165) is 0 Å². The lowest BCUT2D eigenvalue weighted by Gasteiger charge is -2.10. The van der Waals surface area contributed by atoms with Gasteiger partial charge in [-0.25, -0.2) is 4.79 Å². The molecule has 4 N–H and O–H groups in total. The molecule has 0 amide bonds. The summed E-state index contributed by atoms with van der Waals surface area (Å²) >= 11 is 5.93. The van der Waals surface area contributed by atoms with Gasteiger partial charge in [0.05, 0.1) is 5.02 Å². The van der Waals surface area contributed by atoms with E-state index < -0.39 is 18.4 Å². The Bertz CT molecular complexity index is 662. The topological polar surface area (TPSA) is 108 Å². The van der Waals surface area contributed by atoms with E-state index >= 15 is 0 Å². The molecule has 6 nitrogen and oxygen atoms in total. The Balaban J connectivity index is 2.84. The van der Waals surface area contributed by atoms with Crippen molar-refractivity contribution in [3.05, 3.63) is 46.1 Å². The van der Waals surface area contributed by atoms with E-state index in [0.29, 0.717) is 5.02 Å². The van der Waals surface area contributed by atoms with Crippen LogP contribution in [0, 0.1) is 0 Å². The van der Waals surface area contributed by atoms with Crippen LogP contribution >= 0.6 is 11.6 Å². The van der Waals surface area contributed by atoms with Crippen LogP contribution in [0.2, 0.25) is 5.02 Å². The molecule has 0 radical (unpaired) electrons. The Morgan fingerprint density at radius 2 is 1.87 bits per heavy atom. The van der Waals surface area contributed by atoms with Crippen molar-refractivity contribution >= 4 is 29.2 Å². The minimum absolute atomic E-state index is 0.0183. The number of amidine groups is 1. The Morgan fingerprint density at radius 1 is 1.26 bits per heavy atom. The molecule has 0 aliphatic heterocycles. The normalized spacial score (nSPS) is 12.8. The van der Waals surface area contributed by atoms with Gasteiger partial charge in [-0.15, -0.1) is 0 Å². The molecule has 0 aromatic heterocycles. The molecule has 1 aromatic rings. The largest absolute Gasteiger partial charge is 0.454 e. The Hall–Kier alpha value is -2.34. The van der Waals surface area contributed by atoms with Crippen molar-refractivity contribution in [1.82, 2.24) is 0 Å². The summed E-state index contributed by atoms with van der Waals surface area (Å²) in [6.07, 6.45) is 0. The smallest absolute Gasteiger partial charge is 0.344 e. The van der Waals surface area contributed by atoms with Gasteiger partial charge in [-0.05, 0) is 32.9 Å². The predicted molar refractivity (Wildman–Crippen MR) is 90.4 cm³/mol. The number of Topliss-reactive ketones (excluding diaryl/α,β-unsaturated/α-hetero) is 1. The zero-order chi connectivity index (χ0) is 17.6. The highest BCUT2D eigenvalue weighted by Crippen LogP contribution is 2.15. The second-order valence-electron chi connectivity index (χ2n) is 5.15. The van der Waals surface area contributed by atoms with Gasteiger partial charge >= 0.3 is 5.97 Å². The highest BCUT2D eigenvalue weighted by atomic mass is 35.5. The second-order valence-corrected chi connectivity index (χ2v) is 5.55. The summed E-state index contributed by atoms with van der Waals surface area (Å²) in [5.41, 5.74) is 11.8. The molecule has 1 aromatic carbocycles. The lowest BCUT2D eigenvalue weighted by molar-refractivity contribution is -0.137. The Kier molecular flexibility index (Phi) is 6.78. The van der Waals surface area contributed by atoms with Crippen molar-refractivity contribution in [2.24, 2.45) is 16.5 Å². The average molecular weight is 338 g/mol. The number of hydrogen-bond acceptors (Lipinski definition) is 5. The van der Waals surface area contributed by atoms with Crippen molar-refractivity contribution in [1.29, 1.82) is 0 Å². The Labute approximate surface area is 140 Å². The van der Waals surface area contributed by atoms with E-state index in [4.69, 9.17) is 27.8 Å². The van der Waals surface area contributed by atoms with E-state index in [1.165, 1.54) is 6.92 Å². The molecular formula is C16H20ClN3O3. The zero-order valence-electron chi connectivity index (χ0n) is 13.3. The maximum atomic E-state index is 12.1. The maximum absolute atomic E-state index is 12.1. The van der Waals surface area contributed by atoms with Gasteiger partial charge in [0.1, 0.15) is 11.4 Å². The first-order valence-electron chi connectivity index (χ1n) is 6.98. The second kappa shape index (κ2) is 8.33. The van der Waals surface area contributed by atoms with E-state index in [1.807, 2.05) is 13.8 Å². The van der Waals surface area contributed by atoms with Crippen molar-refractivity contribution in [3.63, 3.8) is 0 Å². The van der Waals surface area contributed by atoms with Crippen LogP contribution in [-0.2, 0) is 9.53 Å².